The largest absolute Gasteiger partial charge is 0.322 e. The van der Waals surface area contributed by atoms with Gasteiger partial charge >= 0.3 is 0 Å². The van der Waals surface area contributed by atoms with E-state index in [0.717, 1.165) is 9.13 Å². The lowest BCUT2D eigenvalue weighted by molar-refractivity contribution is 0.102. The highest BCUT2D eigenvalue weighted by Gasteiger charge is 2.12. The molecule has 3 nitrogen and oxygen atoms in total. The van der Waals surface area contributed by atoms with Crippen molar-refractivity contribution in [1.29, 1.82) is 0 Å². The summed E-state index contributed by atoms with van der Waals surface area (Å²) in [6, 6.07) is 8.44. The van der Waals surface area contributed by atoms with E-state index in [1.165, 1.54) is 18.3 Å². The SMILES string of the molecule is Cc1ccc(NC(=O)c2cccnc2F)cc1I. The van der Waals surface area contributed by atoms with E-state index >= 15 is 0 Å². The number of hydrogen-bond donors (Lipinski definition) is 1. The molecule has 0 radical (unpaired) electrons. The fourth-order valence-electron chi connectivity index (χ4n) is 1.42. The smallest absolute Gasteiger partial charge is 0.260 e. The lowest BCUT2D eigenvalue weighted by atomic mass is 10.2. The maximum absolute atomic E-state index is 13.3. The van der Waals surface area contributed by atoms with Crippen molar-refractivity contribution < 1.29 is 9.18 Å². The highest BCUT2D eigenvalue weighted by molar-refractivity contribution is 14.1. The highest BCUT2D eigenvalue weighted by atomic mass is 127. The molecule has 0 atom stereocenters. The van der Waals surface area contributed by atoms with E-state index < -0.39 is 11.9 Å². The number of pyridine rings is 1. The van der Waals surface area contributed by atoms with Crippen LogP contribution in [-0.2, 0) is 0 Å². The maximum Gasteiger partial charge on any atom is 0.260 e. The number of aromatic nitrogens is 1. The first-order valence-electron chi connectivity index (χ1n) is 5.26. The van der Waals surface area contributed by atoms with Gasteiger partial charge in [-0.2, -0.15) is 4.39 Å². The van der Waals surface area contributed by atoms with E-state index in [-0.39, 0.29) is 5.56 Å². The molecule has 0 aliphatic carbocycles. The van der Waals surface area contributed by atoms with E-state index in [4.69, 9.17) is 0 Å². The molecular weight excluding hydrogens is 346 g/mol. The molecule has 0 unspecified atom stereocenters. The van der Waals surface area contributed by atoms with Crippen LogP contribution >= 0.6 is 22.6 Å². The van der Waals surface area contributed by atoms with Gasteiger partial charge in [0.05, 0.1) is 5.56 Å². The zero-order valence-corrected chi connectivity index (χ0v) is 11.7. The second-order valence-electron chi connectivity index (χ2n) is 3.76. The minimum Gasteiger partial charge on any atom is -0.322 e. The van der Waals surface area contributed by atoms with E-state index in [9.17, 15) is 9.18 Å². The van der Waals surface area contributed by atoms with Crippen LogP contribution in [0.2, 0.25) is 0 Å². The molecule has 0 spiro atoms. The predicted octanol–water partition coefficient (Wildman–Crippen LogP) is 3.39. The summed E-state index contributed by atoms with van der Waals surface area (Å²) in [6.07, 6.45) is 1.31. The Morgan fingerprint density at radius 2 is 2.17 bits per heavy atom. The third-order valence-electron chi connectivity index (χ3n) is 2.43. The monoisotopic (exact) mass is 356 g/mol. The number of nitrogens with one attached hydrogen (secondary N) is 1. The van der Waals surface area contributed by atoms with Gasteiger partial charge in [-0.15, -0.1) is 0 Å². The van der Waals surface area contributed by atoms with Crippen LogP contribution in [-0.4, -0.2) is 10.9 Å². The van der Waals surface area contributed by atoms with E-state index in [2.05, 4.69) is 32.9 Å². The minimum atomic E-state index is -0.767. The Bertz CT molecular complexity index is 601. The summed E-state index contributed by atoms with van der Waals surface area (Å²) < 4.78 is 14.4. The molecule has 0 aliphatic rings. The number of hydrogen-bond acceptors (Lipinski definition) is 2. The van der Waals surface area contributed by atoms with E-state index in [0.29, 0.717) is 5.69 Å². The van der Waals surface area contributed by atoms with Gasteiger partial charge < -0.3 is 5.32 Å². The summed E-state index contributed by atoms with van der Waals surface area (Å²) in [4.78, 5) is 15.3. The number of aryl methyl sites for hydroxylation is 1. The Hall–Kier alpha value is -1.50. The molecule has 5 heteroatoms. The molecule has 0 saturated heterocycles. The summed E-state index contributed by atoms with van der Waals surface area (Å²) in [5.41, 5.74) is 1.70. The molecule has 92 valence electrons. The van der Waals surface area contributed by atoms with Gasteiger partial charge in [-0.1, -0.05) is 6.07 Å². The fraction of sp³-hybridized carbons (Fsp3) is 0.0769. The van der Waals surface area contributed by atoms with Gasteiger partial charge in [-0.3, -0.25) is 4.79 Å². The molecule has 1 amide bonds. The molecular formula is C13H10FIN2O. The van der Waals surface area contributed by atoms with Crippen LogP contribution in [0.1, 0.15) is 15.9 Å². The normalized spacial score (nSPS) is 10.2. The molecule has 0 saturated carbocycles. The first-order valence-corrected chi connectivity index (χ1v) is 6.34. The summed E-state index contributed by atoms with van der Waals surface area (Å²) in [6.45, 7) is 1.98. The maximum atomic E-state index is 13.3. The number of carbonyl (C=O) groups excluding carboxylic acids is 1. The number of carbonyl (C=O) groups is 1. The number of nitrogens with zero attached hydrogens (tertiary/aromatic N) is 1. The highest BCUT2D eigenvalue weighted by Crippen LogP contribution is 2.18. The third-order valence-corrected chi connectivity index (χ3v) is 3.60. The quantitative estimate of drug-likeness (QED) is 0.662. The molecule has 1 aromatic heterocycles. The average Bonchev–Trinajstić information content (AvgIpc) is 2.34. The molecule has 18 heavy (non-hydrogen) atoms. The van der Waals surface area contributed by atoms with Crippen LogP contribution < -0.4 is 5.32 Å². The lowest BCUT2D eigenvalue weighted by Gasteiger charge is -2.07. The van der Waals surface area contributed by atoms with Crippen molar-refractivity contribution in [3.63, 3.8) is 0 Å². The first-order chi connectivity index (χ1) is 8.58. The number of anilines is 1. The topological polar surface area (TPSA) is 42.0 Å². The van der Waals surface area contributed by atoms with Gasteiger partial charge in [0, 0.05) is 15.5 Å². The molecule has 2 rings (SSSR count). The van der Waals surface area contributed by atoms with Gasteiger partial charge in [-0.05, 0) is 59.3 Å². The van der Waals surface area contributed by atoms with Crippen LogP contribution in [0.4, 0.5) is 10.1 Å². The van der Waals surface area contributed by atoms with Crippen LogP contribution in [0.25, 0.3) is 0 Å². The molecule has 0 aliphatic heterocycles. The van der Waals surface area contributed by atoms with Gasteiger partial charge in [0.2, 0.25) is 5.95 Å². The van der Waals surface area contributed by atoms with Crippen molar-refractivity contribution in [3.8, 4) is 0 Å². The Morgan fingerprint density at radius 1 is 1.39 bits per heavy atom. The zero-order valence-electron chi connectivity index (χ0n) is 9.58. The van der Waals surface area contributed by atoms with Crippen molar-refractivity contribution in [2.45, 2.75) is 6.92 Å². The molecule has 1 heterocycles. The Labute approximate surface area is 118 Å². The van der Waals surface area contributed by atoms with Crippen LogP contribution in [0.3, 0.4) is 0 Å². The van der Waals surface area contributed by atoms with Crippen LogP contribution in [0.15, 0.2) is 36.5 Å². The second-order valence-corrected chi connectivity index (χ2v) is 4.92. The van der Waals surface area contributed by atoms with Crippen LogP contribution in [0, 0.1) is 16.4 Å². The fourth-order valence-corrected chi connectivity index (χ4v) is 1.94. The van der Waals surface area contributed by atoms with Crippen molar-refractivity contribution >= 4 is 34.2 Å². The van der Waals surface area contributed by atoms with Gasteiger partial charge in [0.25, 0.3) is 5.91 Å². The van der Waals surface area contributed by atoms with Crippen molar-refractivity contribution in [2.75, 3.05) is 5.32 Å². The third kappa shape index (κ3) is 2.84. The molecule has 1 N–H and O–H groups in total. The van der Waals surface area contributed by atoms with Crippen LogP contribution in [0.5, 0.6) is 0 Å². The summed E-state index contributed by atoms with van der Waals surface area (Å²) in [7, 11) is 0. The molecule has 0 bridgehead atoms. The Kier molecular flexibility index (Phi) is 3.90. The number of rotatable bonds is 2. The average molecular weight is 356 g/mol. The number of amides is 1. The van der Waals surface area contributed by atoms with E-state index in [1.807, 2.05) is 19.1 Å². The number of benzene rings is 1. The standard InChI is InChI=1S/C13H10FIN2O/c1-8-4-5-9(7-11(8)15)17-13(18)10-3-2-6-16-12(10)14/h2-7H,1H3,(H,17,18). The molecule has 0 fully saturated rings. The van der Waals surface area contributed by atoms with Gasteiger partial charge in [-0.25, -0.2) is 4.98 Å². The lowest BCUT2D eigenvalue weighted by Crippen LogP contribution is -2.14. The number of halogens is 2. The Balaban J connectivity index is 2.22. The second kappa shape index (κ2) is 5.43. The van der Waals surface area contributed by atoms with Gasteiger partial charge in [0.15, 0.2) is 0 Å². The van der Waals surface area contributed by atoms with Crippen molar-refractivity contribution in [3.05, 3.63) is 57.2 Å². The predicted molar refractivity (Wildman–Crippen MR) is 76.0 cm³/mol. The van der Waals surface area contributed by atoms with Crippen molar-refractivity contribution in [1.82, 2.24) is 4.98 Å². The molecule has 2 aromatic rings. The molecule has 1 aromatic carbocycles. The minimum absolute atomic E-state index is 0.0620. The Morgan fingerprint density at radius 3 is 2.83 bits per heavy atom. The zero-order chi connectivity index (χ0) is 13.1. The summed E-state index contributed by atoms with van der Waals surface area (Å²) >= 11 is 2.18. The summed E-state index contributed by atoms with van der Waals surface area (Å²) in [5, 5.41) is 2.64. The summed E-state index contributed by atoms with van der Waals surface area (Å²) in [5.74, 6) is -1.27. The van der Waals surface area contributed by atoms with Crippen molar-refractivity contribution in [2.24, 2.45) is 0 Å². The first kappa shape index (κ1) is 12.9. The van der Waals surface area contributed by atoms with Gasteiger partial charge in [0.1, 0.15) is 0 Å². The van der Waals surface area contributed by atoms with E-state index in [1.54, 1.807) is 6.07 Å².